The van der Waals surface area contributed by atoms with Crippen molar-refractivity contribution in [2.75, 3.05) is 4.90 Å². The van der Waals surface area contributed by atoms with E-state index in [2.05, 4.69) is 217 Å². The molecule has 0 spiro atoms. The van der Waals surface area contributed by atoms with E-state index >= 15 is 0 Å². The lowest BCUT2D eigenvalue weighted by Gasteiger charge is -2.45. The molecule has 1 aromatic heterocycles. The molecule has 1 unspecified atom stereocenters. The second-order valence-electron chi connectivity index (χ2n) is 24.9. The molecule has 11 rings (SSSR count). The number of hydrogen-bond acceptors (Lipinski definition) is 2. The van der Waals surface area contributed by atoms with Crippen molar-refractivity contribution in [2.24, 2.45) is 0 Å². The molecule has 0 N–H and O–H groups in total. The highest BCUT2D eigenvalue weighted by Crippen LogP contribution is 2.53. The zero-order valence-corrected chi connectivity index (χ0v) is 43.4. The van der Waals surface area contributed by atoms with Crippen LogP contribution in [-0.2, 0) is 27.1 Å². The lowest BCUT2D eigenvalue weighted by Crippen LogP contribution is -2.61. The molecule has 3 heteroatoms. The summed E-state index contributed by atoms with van der Waals surface area (Å²) >= 11 is 2.06. The van der Waals surface area contributed by atoms with Crippen LogP contribution in [0, 0.1) is 27.7 Å². The molecule has 336 valence electrons. The number of aryl methyl sites for hydroxylation is 4. The second kappa shape index (κ2) is 14.3. The Hall–Kier alpha value is -4.86. The Morgan fingerprint density at radius 1 is 0.576 bits per heavy atom. The summed E-state index contributed by atoms with van der Waals surface area (Å²) in [4.78, 5) is 2.70. The highest BCUT2D eigenvalue weighted by atomic mass is 32.1. The van der Waals surface area contributed by atoms with Crippen LogP contribution in [0.15, 0.2) is 97.1 Å². The van der Waals surface area contributed by atoms with Crippen LogP contribution in [0.5, 0.6) is 0 Å². The SMILES string of the molecule is Cc1cc(C)c(-c2ccc3c(c2)N(c2ccc4c(c2)C(C)(C)CCC4(C)C)c2cc(C)cc4c2B3c2sc3ccc(C(C)(C)C)cc3c2C4c2ccc3c(c2)C(C)(C)CCC3(C)C)c(C)c1. The van der Waals surface area contributed by atoms with E-state index in [9.17, 15) is 0 Å². The largest absolute Gasteiger partial charge is 0.311 e. The van der Waals surface area contributed by atoms with E-state index in [1.807, 2.05) is 0 Å². The molecule has 0 saturated carbocycles. The van der Waals surface area contributed by atoms with E-state index in [1.165, 1.54) is 146 Å². The van der Waals surface area contributed by atoms with Gasteiger partial charge in [-0.25, -0.2) is 0 Å². The number of thiophene rings is 1. The summed E-state index contributed by atoms with van der Waals surface area (Å²) in [5.41, 5.74) is 27.2. The third-order valence-electron chi connectivity index (χ3n) is 17.2. The van der Waals surface area contributed by atoms with Crippen molar-refractivity contribution in [3.63, 3.8) is 0 Å². The highest BCUT2D eigenvalue weighted by molar-refractivity contribution is 7.32. The van der Waals surface area contributed by atoms with Gasteiger partial charge in [0.15, 0.2) is 0 Å². The topological polar surface area (TPSA) is 3.24 Å². The van der Waals surface area contributed by atoms with Crippen LogP contribution < -0.4 is 20.6 Å². The fourth-order valence-corrected chi connectivity index (χ4v) is 14.6. The molecule has 4 aliphatic rings. The van der Waals surface area contributed by atoms with E-state index in [0.717, 1.165) is 0 Å². The number of benzene rings is 6. The molecule has 2 aliphatic heterocycles. The van der Waals surface area contributed by atoms with Gasteiger partial charge in [-0.05, 0) is 210 Å². The fraction of sp³-hybridized carbons (Fsp3) is 0.397. The molecule has 3 heterocycles. The van der Waals surface area contributed by atoms with E-state index in [4.69, 9.17) is 0 Å². The van der Waals surface area contributed by atoms with Crippen molar-refractivity contribution in [1.29, 1.82) is 0 Å². The van der Waals surface area contributed by atoms with Crippen molar-refractivity contribution >= 4 is 60.9 Å². The number of hydrogen-bond donors (Lipinski definition) is 0. The van der Waals surface area contributed by atoms with Gasteiger partial charge in [0.05, 0.1) is 0 Å². The Balaban J connectivity index is 1.24. The normalized spacial score (nSPS) is 19.5. The van der Waals surface area contributed by atoms with Crippen molar-refractivity contribution in [1.82, 2.24) is 0 Å². The molecule has 66 heavy (non-hydrogen) atoms. The van der Waals surface area contributed by atoms with Crippen molar-refractivity contribution < 1.29 is 0 Å². The van der Waals surface area contributed by atoms with Crippen LogP contribution in [0.4, 0.5) is 17.1 Å². The van der Waals surface area contributed by atoms with Gasteiger partial charge >= 0.3 is 0 Å². The Bertz CT molecular complexity index is 3170. The molecule has 0 fully saturated rings. The predicted octanol–water partition coefficient (Wildman–Crippen LogP) is 15.6. The molecule has 0 radical (unpaired) electrons. The molecule has 7 aromatic rings. The summed E-state index contributed by atoms with van der Waals surface area (Å²) in [6, 6.07) is 40.1. The molecule has 0 saturated heterocycles. The van der Waals surface area contributed by atoms with Gasteiger partial charge in [-0.2, -0.15) is 0 Å². The minimum atomic E-state index is 0.0372. The first-order valence-corrected chi connectivity index (χ1v) is 25.8. The standard InChI is InChI=1S/C63H70BNS/c1-36-28-38(3)54(39(4)29-36)41-17-22-50-51(33-41)65(43-19-21-47-49(35-43)63(14,15)27-25-61(47,10)11)52-31-37(2)30-45-55(40-16-20-46-48(32-40)62(12,13)26-24-60(46,8)9)56-44-34-42(59(5,6)7)18-23-53(44)66-58(56)64(50)57(45)52/h16-23,28-35,55H,24-27H2,1-15H3. The van der Waals surface area contributed by atoms with E-state index < -0.39 is 0 Å². The van der Waals surface area contributed by atoms with Gasteiger partial charge in [-0.1, -0.05) is 142 Å². The zero-order chi connectivity index (χ0) is 46.8. The van der Waals surface area contributed by atoms with E-state index in [1.54, 1.807) is 0 Å². The maximum absolute atomic E-state index is 2.70. The van der Waals surface area contributed by atoms with Gasteiger partial charge in [0, 0.05) is 27.7 Å². The Morgan fingerprint density at radius 3 is 1.80 bits per heavy atom. The summed E-state index contributed by atoms with van der Waals surface area (Å²) in [6.07, 6.45) is 4.81. The summed E-state index contributed by atoms with van der Waals surface area (Å²) < 4.78 is 2.91. The average Bonchev–Trinajstić information content (AvgIpc) is 3.62. The molecule has 1 atom stereocenters. The van der Waals surface area contributed by atoms with Gasteiger partial charge in [0.25, 0.3) is 6.71 Å². The molecular formula is C63H70BNS. The quantitative estimate of drug-likeness (QED) is 0.160. The monoisotopic (exact) mass is 884 g/mol. The number of nitrogens with zero attached hydrogens (tertiary/aromatic N) is 1. The Labute approximate surface area is 401 Å². The Kier molecular flexibility index (Phi) is 9.49. The second-order valence-corrected chi connectivity index (χ2v) is 26.0. The Morgan fingerprint density at radius 2 is 1.17 bits per heavy atom. The first-order valence-electron chi connectivity index (χ1n) is 25.0. The molecular weight excluding hydrogens is 814 g/mol. The van der Waals surface area contributed by atoms with E-state index in [0.29, 0.717) is 0 Å². The van der Waals surface area contributed by atoms with Gasteiger partial charge < -0.3 is 4.90 Å². The third kappa shape index (κ3) is 6.52. The smallest absolute Gasteiger partial charge is 0.259 e. The average molecular weight is 884 g/mol. The summed E-state index contributed by atoms with van der Waals surface area (Å²) in [6.45, 7) is 36.1. The molecule has 1 nitrogen and oxygen atoms in total. The van der Waals surface area contributed by atoms with Gasteiger partial charge in [-0.3, -0.25) is 0 Å². The van der Waals surface area contributed by atoms with E-state index in [-0.39, 0.29) is 39.7 Å². The first-order chi connectivity index (χ1) is 30.9. The molecule has 6 aromatic carbocycles. The zero-order valence-electron chi connectivity index (χ0n) is 42.6. The van der Waals surface area contributed by atoms with Gasteiger partial charge in [-0.15, -0.1) is 11.3 Å². The molecule has 0 bridgehead atoms. The van der Waals surface area contributed by atoms with Crippen LogP contribution in [0.3, 0.4) is 0 Å². The number of anilines is 3. The van der Waals surface area contributed by atoms with Crippen LogP contribution >= 0.6 is 11.3 Å². The van der Waals surface area contributed by atoms with Gasteiger partial charge in [0.2, 0.25) is 0 Å². The third-order valence-corrected chi connectivity index (χ3v) is 18.5. The molecule has 2 aliphatic carbocycles. The number of rotatable bonds is 3. The highest BCUT2D eigenvalue weighted by Gasteiger charge is 2.47. The lowest BCUT2D eigenvalue weighted by molar-refractivity contribution is 0.331. The van der Waals surface area contributed by atoms with Crippen LogP contribution in [0.1, 0.15) is 175 Å². The van der Waals surface area contributed by atoms with Crippen molar-refractivity contribution in [2.45, 2.75) is 163 Å². The van der Waals surface area contributed by atoms with Crippen LogP contribution in [0.2, 0.25) is 0 Å². The minimum absolute atomic E-state index is 0.0372. The summed E-state index contributed by atoms with van der Waals surface area (Å²) in [5.74, 6) is 0.101. The lowest BCUT2D eigenvalue weighted by atomic mass is 9.33. The molecule has 0 amide bonds. The maximum Gasteiger partial charge on any atom is 0.259 e. The number of fused-ring (bicyclic) bond motifs is 8. The maximum atomic E-state index is 2.70. The van der Waals surface area contributed by atoms with Crippen molar-refractivity contribution in [3.05, 3.63) is 164 Å². The minimum Gasteiger partial charge on any atom is -0.311 e. The fourth-order valence-electron chi connectivity index (χ4n) is 13.3. The summed E-state index contributed by atoms with van der Waals surface area (Å²) in [5, 5.41) is 1.43. The first kappa shape index (κ1) is 43.7. The van der Waals surface area contributed by atoms with Crippen LogP contribution in [0.25, 0.3) is 21.2 Å². The van der Waals surface area contributed by atoms with Gasteiger partial charge in [0.1, 0.15) is 0 Å². The van der Waals surface area contributed by atoms with Crippen LogP contribution in [-0.4, -0.2) is 6.71 Å². The summed E-state index contributed by atoms with van der Waals surface area (Å²) in [7, 11) is 0. The van der Waals surface area contributed by atoms with Crippen molar-refractivity contribution in [3.8, 4) is 11.1 Å². The predicted molar refractivity (Wildman–Crippen MR) is 289 cm³/mol.